The van der Waals surface area contributed by atoms with E-state index in [1.54, 1.807) is 0 Å². The third-order valence-corrected chi connectivity index (χ3v) is 3.55. The van der Waals surface area contributed by atoms with Gasteiger partial charge < -0.3 is 10.2 Å². The Morgan fingerprint density at radius 2 is 2.06 bits per heavy atom. The molecule has 1 N–H and O–H groups in total. The Morgan fingerprint density at radius 1 is 1.41 bits per heavy atom. The van der Waals surface area contributed by atoms with Crippen LogP contribution < -0.4 is 5.32 Å². The van der Waals surface area contributed by atoms with Gasteiger partial charge in [-0.05, 0) is 30.7 Å². The van der Waals surface area contributed by atoms with Gasteiger partial charge in [-0.1, -0.05) is 22.9 Å². The molecule has 1 aliphatic rings. The van der Waals surface area contributed by atoms with Gasteiger partial charge in [0.1, 0.15) is 0 Å². The SMILES string of the molecule is CCCN(C(=O)c1ccc(Br)cc1)C1CNC1. The molecule has 92 valence electrons. The Morgan fingerprint density at radius 3 is 2.53 bits per heavy atom. The van der Waals surface area contributed by atoms with E-state index in [0.29, 0.717) is 6.04 Å². The molecule has 3 nitrogen and oxygen atoms in total. The van der Waals surface area contributed by atoms with Crippen LogP contribution in [0.1, 0.15) is 23.7 Å². The first-order valence-electron chi connectivity index (χ1n) is 5.99. The van der Waals surface area contributed by atoms with E-state index in [1.165, 1.54) is 0 Å². The average Bonchev–Trinajstić information content (AvgIpc) is 2.26. The molecule has 1 aliphatic heterocycles. The summed E-state index contributed by atoms with van der Waals surface area (Å²) in [5, 5.41) is 3.21. The number of benzene rings is 1. The fourth-order valence-electron chi connectivity index (χ4n) is 1.94. The van der Waals surface area contributed by atoms with E-state index in [0.717, 1.165) is 36.1 Å². The highest BCUT2D eigenvalue weighted by atomic mass is 79.9. The Kier molecular flexibility index (Phi) is 4.18. The molecule has 0 aliphatic carbocycles. The highest BCUT2D eigenvalue weighted by Crippen LogP contribution is 2.15. The number of hydrogen-bond donors (Lipinski definition) is 1. The van der Waals surface area contributed by atoms with Crippen LogP contribution in [-0.2, 0) is 0 Å². The molecular weight excluding hydrogens is 280 g/mol. The number of hydrogen-bond acceptors (Lipinski definition) is 2. The van der Waals surface area contributed by atoms with Gasteiger partial charge in [0.05, 0.1) is 6.04 Å². The van der Waals surface area contributed by atoms with Gasteiger partial charge in [-0.25, -0.2) is 0 Å². The van der Waals surface area contributed by atoms with Crippen molar-refractivity contribution < 1.29 is 4.79 Å². The molecule has 1 fully saturated rings. The standard InChI is InChI=1S/C13H17BrN2O/c1-2-7-16(12-8-15-9-12)13(17)10-3-5-11(14)6-4-10/h3-6,12,15H,2,7-9H2,1H3. The zero-order valence-electron chi connectivity index (χ0n) is 9.95. The minimum Gasteiger partial charge on any atom is -0.333 e. The minimum atomic E-state index is 0.144. The summed E-state index contributed by atoms with van der Waals surface area (Å²) < 4.78 is 1.00. The lowest BCUT2D eigenvalue weighted by atomic mass is 10.1. The molecule has 2 rings (SSSR count). The molecule has 0 bridgehead atoms. The van der Waals surface area contributed by atoms with Crippen molar-refractivity contribution in [2.24, 2.45) is 0 Å². The first-order valence-corrected chi connectivity index (χ1v) is 6.79. The number of halogens is 1. The van der Waals surface area contributed by atoms with E-state index >= 15 is 0 Å². The number of nitrogens with zero attached hydrogens (tertiary/aromatic N) is 1. The summed E-state index contributed by atoms with van der Waals surface area (Å²) in [6, 6.07) is 7.95. The molecule has 0 saturated carbocycles. The second kappa shape index (κ2) is 5.65. The van der Waals surface area contributed by atoms with Crippen molar-refractivity contribution in [3.05, 3.63) is 34.3 Å². The van der Waals surface area contributed by atoms with E-state index in [1.807, 2.05) is 29.2 Å². The lowest BCUT2D eigenvalue weighted by molar-refractivity contribution is 0.0616. The lowest BCUT2D eigenvalue weighted by Gasteiger charge is -2.38. The van der Waals surface area contributed by atoms with E-state index < -0.39 is 0 Å². The molecule has 0 radical (unpaired) electrons. The maximum absolute atomic E-state index is 12.4. The van der Waals surface area contributed by atoms with Crippen LogP contribution in [-0.4, -0.2) is 36.5 Å². The second-order valence-electron chi connectivity index (χ2n) is 4.32. The first kappa shape index (κ1) is 12.6. The Balaban J connectivity index is 2.12. The predicted octanol–water partition coefficient (Wildman–Crippen LogP) is 2.27. The predicted molar refractivity (Wildman–Crippen MR) is 72.1 cm³/mol. The van der Waals surface area contributed by atoms with Crippen LogP contribution in [0, 0.1) is 0 Å². The fraction of sp³-hybridized carbons (Fsp3) is 0.462. The van der Waals surface area contributed by atoms with Crippen LogP contribution in [0.4, 0.5) is 0 Å². The lowest BCUT2D eigenvalue weighted by Crippen LogP contribution is -2.59. The van der Waals surface area contributed by atoms with Crippen molar-refractivity contribution in [1.82, 2.24) is 10.2 Å². The number of carbonyl (C=O) groups is 1. The van der Waals surface area contributed by atoms with Gasteiger partial charge in [-0.3, -0.25) is 4.79 Å². The summed E-state index contributed by atoms with van der Waals surface area (Å²) in [7, 11) is 0. The molecule has 17 heavy (non-hydrogen) atoms. The highest BCUT2D eigenvalue weighted by Gasteiger charge is 2.28. The quantitative estimate of drug-likeness (QED) is 0.924. The van der Waals surface area contributed by atoms with Crippen molar-refractivity contribution >= 4 is 21.8 Å². The molecule has 0 aromatic heterocycles. The first-order chi connectivity index (χ1) is 8.22. The van der Waals surface area contributed by atoms with Crippen molar-refractivity contribution in [2.45, 2.75) is 19.4 Å². The number of carbonyl (C=O) groups excluding carboxylic acids is 1. The van der Waals surface area contributed by atoms with Crippen LogP contribution >= 0.6 is 15.9 Å². The topological polar surface area (TPSA) is 32.3 Å². The summed E-state index contributed by atoms with van der Waals surface area (Å²) in [4.78, 5) is 14.3. The summed E-state index contributed by atoms with van der Waals surface area (Å²) >= 11 is 3.38. The van der Waals surface area contributed by atoms with Crippen LogP contribution in [0.5, 0.6) is 0 Å². The molecule has 0 atom stereocenters. The smallest absolute Gasteiger partial charge is 0.254 e. The number of rotatable bonds is 4. The zero-order chi connectivity index (χ0) is 12.3. The van der Waals surface area contributed by atoms with Gasteiger partial charge in [-0.2, -0.15) is 0 Å². The number of amides is 1. The van der Waals surface area contributed by atoms with Gasteiger partial charge in [0, 0.05) is 29.7 Å². The molecule has 0 spiro atoms. The van der Waals surface area contributed by atoms with E-state index in [9.17, 15) is 4.79 Å². The Bertz CT molecular complexity index is 387. The van der Waals surface area contributed by atoms with Crippen molar-refractivity contribution in [1.29, 1.82) is 0 Å². The molecular formula is C13H17BrN2O. The molecule has 0 unspecified atom stereocenters. The maximum atomic E-state index is 12.4. The van der Waals surface area contributed by atoms with E-state index in [-0.39, 0.29) is 5.91 Å². The van der Waals surface area contributed by atoms with Gasteiger partial charge in [0.25, 0.3) is 5.91 Å². The van der Waals surface area contributed by atoms with Crippen molar-refractivity contribution in [3.8, 4) is 0 Å². The number of nitrogens with one attached hydrogen (secondary N) is 1. The van der Waals surface area contributed by atoms with Crippen molar-refractivity contribution in [2.75, 3.05) is 19.6 Å². The van der Waals surface area contributed by atoms with Crippen molar-refractivity contribution in [3.63, 3.8) is 0 Å². The molecule has 1 amide bonds. The average molecular weight is 297 g/mol. The maximum Gasteiger partial charge on any atom is 0.254 e. The zero-order valence-corrected chi connectivity index (χ0v) is 11.5. The summed E-state index contributed by atoms with van der Waals surface area (Å²) in [6.45, 7) is 4.78. The summed E-state index contributed by atoms with van der Waals surface area (Å²) in [5.41, 5.74) is 0.772. The minimum absolute atomic E-state index is 0.144. The normalized spacial score (nSPS) is 15.4. The Labute approximate surface area is 110 Å². The molecule has 4 heteroatoms. The Hall–Kier alpha value is -0.870. The van der Waals surface area contributed by atoms with Gasteiger partial charge in [-0.15, -0.1) is 0 Å². The highest BCUT2D eigenvalue weighted by molar-refractivity contribution is 9.10. The summed E-state index contributed by atoms with van der Waals surface area (Å²) in [6.07, 6.45) is 0.999. The fourth-order valence-corrected chi connectivity index (χ4v) is 2.21. The summed E-state index contributed by atoms with van der Waals surface area (Å²) in [5.74, 6) is 0.144. The van der Waals surface area contributed by atoms with Crippen LogP contribution in [0.2, 0.25) is 0 Å². The van der Waals surface area contributed by atoms with Crippen LogP contribution in [0.25, 0.3) is 0 Å². The second-order valence-corrected chi connectivity index (χ2v) is 5.23. The van der Waals surface area contributed by atoms with Gasteiger partial charge >= 0.3 is 0 Å². The third kappa shape index (κ3) is 2.87. The largest absolute Gasteiger partial charge is 0.333 e. The van der Waals surface area contributed by atoms with E-state index in [2.05, 4.69) is 28.2 Å². The molecule has 1 aromatic carbocycles. The van der Waals surface area contributed by atoms with E-state index in [4.69, 9.17) is 0 Å². The van der Waals surface area contributed by atoms with Crippen LogP contribution in [0.15, 0.2) is 28.7 Å². The molecule has 1 aromatic rings. The third-order valence-electron chi connectivity index (χ3n) is 3.02. The molecule has 1 heterocycles. The van der Waals surface area contributed by atoms with Crippen LogP contribution in [0.3, 0.4) is 0 Å². The van der Waals surface area contributed by atoms with Gasteiger partial charge in [0.15, 0.2) is 0 Å². The molecule has 1 saturated heterocycles. The van der Waals surface area contributed by atoms with Gasteiger partial charge in [0.2, 0.25) is 0 Å². The monoisotopic (exact) mass is 296 g/mol.